The van der Waals surface area contributed by atoms with Gasteiger partial charge in [-0.3, -0.25) is 0 Å². The lowest BCUT2D eigenvalue weighted by Gasteiger charge is -2.25. The van der Waals surface area contributed by atoms with E-state index in [1.807, 2.05) is 0 Å². The third-order valence-corrected chi connectivity index (χ3v) is 4.20. The molecule has 0 bridgehead atoms. The molecule has 1 atom stereocenters. The summed E-state index contributed by atoms with van der Waals surface area (Å²) in [5.41, 5.74) is -0.614. The van der Waals surface area contributed by atoms with E-state index in [1.165, 1.54) is 18.5 Å². The van der Waals surface area contributed by atoms with E-state index in [0.717, 1.165) is 12.8 Å². The molecule has 0 spiro atoms. The summed E-state index contributed by atoms with van der Waals surface area (Å²) in [6, 6.07) is 1.51. The van der Waals surface area contributed by atoms with Gasteiger partial charge in [0.1, 0.15) is 5.15 Å². The minimum Gasteiger partial charge on any atom is -0.468 e. The van der Waals surface area contributed by atoms with Gasteiger partial charge in [0.15, 0.2) is 6.61 Å². The van der Waals surface area contributed by atoms with E-state index < -0.39 is 18.4 Å². The molecule has 0 unspecified atom stereocenters. The highest BCUT2D eigenvalue weighted by Crippen LogP contribution is 2.47. The lowest BCUT2D eigenvalue weighted by molar-refractivity contribution is -0.153. The third-order valence-electron chi connectivity index (χ3n) is 3.99. The fraction of sp³-hybridized carbons (Fsp3) is 0.467. The molecule has 0 aromatic carbocycles. The average molecular weight is 347 g/mol. The number of ether oxygens (including phenoxy) is 1. The number of hydrogen-bond donors (Lipinski definition) is 1. The van der Waals surface area contributed by atoms with Gasteiger partial charge < -0.3 is 9.84 Å². The van der Waals surface area contributed by atoms with Gasteiger partial charge >= 0.3 is 6.18 Å². The maximum absolute atomic E-state index is 12.4. The molecule has 1 aliphatic carbocycles. The number of rotatable bonds is 4. The van der Waals surface area contributed by atoms with Crippen molar-refractivity contribution in [3.05, 3.63) is 29.2 Å². The summed E-state index contributed by atoms with van der Waals surface area (Å²) in [6.07, 6.45) is -0.0309. The van der Waals surface area contributed by atoms with E-state index in [0.29, 0.717) is 10.9 Å². The van der Waals surface area contributed by atoms with Gasteiger partial charge in [-0.1, -0.05) is 11.6 Å². The Morgan fingerprint density at radius 1 is 1.26 bits per heavy atom. The molecule has 0 saturated heterocycles. The molecule has 0 amide bonds. The molecule has 1 N–H and O–H groups in total. The van der Waals surface area contributed by atoms with Crippen molar-refractivity contribution in [1.82, 2.24) is 9.97 Å². The molecule has 2 aromatic rings. The smallest absolute Gasteiger partial charge is 0.422 e. The second kappa shape index (κ2) is 5.49. The van der Waals surface area contributed by atoms with Gasteiger partial charge in [0, 0.05) is 18.0 Å². The van der Waals surface area contributed by atoms with Crippen LogP contribution in [0.5, 0.6) is 5.88 Å². The Morgan fingerprint density at radius 3 is 2.57 bits per heavy atom. The number of aromatic nitrogens is 2. The first-order valence-electron chi connectivity index (χ1n) is 7.05. The molecule has 4 nitrogen and oxygen atoms in total. The van der Waals surface area contributed by atoms with Crippen LogP contribution in [0.2, 0.25) is 5.15 Å². The van der Waals surface area contributed by atoms with Crippen LogP contribution in [0.3, 0.4) is 0 Å². The van der Waals surface area contributed by atoms with Crippen molar-refractivity contribution >= 4 is 22.4 Å². The summed E-state index contributed by atoms with van der Waals surface area (Å²) in [5, 5.41) is 11.7. The van der Waals surface area contributed by atoms with Crippen LogP contribution in [-0.4, -0.2) is 27.9 Å². The van der Waals surface area contributed by atoms with Crippen molar-refractivity contribution in [3.8, 4) is 5.88 Å². The number of fused-ring (bicyclic) bond motifs is 1. The first-order chi connectivity index (χ1) is 10.7. The SMILES string of the molecule is C[C@@](O)(c1cnc(OCC(F)(F)F)c2cnc(Cl)cc12)C1CC1. The Morgan fingerprint density at radius 2 is 1.96 bits per heavy atom. The minimum atomic E-state index is -4.47. The van der Waals surface area contributed by atoms with E-state index in [-0.39, 0.29) is 22.3 Å². The molecule has 1 aliphatic rings. The van der Waals surface area contributed by atoms with Gasteiger partial charge in [-0.2, -0.15) is 13.2 Å². The molecular formula is C15H14ClF3N2O2. The van der Waals surface area contributed by atoms with E-state index in [9.17, 15) is 18.3 Å². The van der Waals surface area contributed by atoms with Gasteiger partial charge in [-0.05, 0) is 37.1 Å². The Bertz CT molecular complexity index is 745. The second-order valence-electron chi connectivity index (χ2n) is 5.86. The average Bonchev–Trinajstić information content (AvgIpc) is 3.28. The molecule has 1 fully saturated rings. The predicted molar refractivity (Wildman–Crippen MR) is 78.4 cm³/mol. The van der Waals surface area contributed by atoms with Crippen LogP contribution in [0, 0.1) is 5.92 Å². The van der Waals surface area contributed by atoms with Gasteiger partial charge in [0.25, 0.3) is 0 Å². The lowest BCUT2D eigenvalue weighted by atomic mass is 9.89. The standard InChI is InChI=1S/C15H14ClF3N2O2/c1-14(22,8-2-3-8)11-6-21-13(23-7-15(17,18)19)10-5-20-12(16)4-9(10)11/h4-6,8,22H,2-3,7H2,1H3/t14-/m0/s1. The number of nitrogens with zero attached hydrogens (tertiary/aromatic N) is 2. The number of aliphatic hydroxyl groups is 1. The molecule has 23 heavy (non-hydrogen) atoms. The Balaban J connectivity index is 2.08. The quantitative estimate of drug-likeness (QED) is 0.855. The van der Waals surface area contributed by atoms with Crippen LogP contribution in [-0.2, 0) is 5.60 Å². The monoisotopic (exact) mass is 346 g/mol. The van der Waals surface area contributed by atoms with Gasteiger partial charge in [0.2, 0.25) is 5.88 Å². The Kier molecular flexibility index (Phi) is 3.88. The summed E-state index contributed by atoms with van der Waals surface area (Å²) in [6.45, 7) is 0.224. The normalized spacial score (nSPS) is 18.0. The number of hydrogen-bond acceptors (Lipinski definition) is 4. The molecular weight excluding hydrogens is 333 g/mol. The number of alkyl halides is 3. The highest BCUT2D eigenvalue weighted by molar-refractivity contribution is 6.30. The zero-order valence-corrected chi connectivity index (χ0v) is 12.9. The molecule has 1 saturated carbocycles. The van der Waals surface area contributed by atoms with Gasteiger partial charge in [0.05, 0.1) is 11.0 Å². The van der Waals surface area contributed by atoms with E-state index >= 15 is 0 Å². The largest absolute Gasteiger partial charge is 0.468 e. The zero-order valence-electron chi connectivity index (χ0n) is 12.2. The highest BCUT2D eigenvalue weighted by Gasteiger charge is 2.42. The van der Waals surface area contributed by atoms with E-state index in [4.69, 9.17) is 16.3 Å². The first kappa shape index (κ1) is 16.3. The summed E-state index contributed by atoms with van der Waals surface area (Å²) < 4.78 is 41.8. The van der Waals surface area contributed by atoms with E-state index in [1.54, 1.807) is 6.92 Å². The van der Waals surface area contributed by atoms with Crippen molar-refractivity contribution in [3.63, 3.8) is 0 Å². The fourth-order valence-electron chi connectivity index (χ4n) is 2.62. The van der Waals surface area contributed by atoms with Crippen LogP contribution in [0.4, 0.5) is 13.2 Å². The van der Waals surface area contributed by atoms with Crippen molar-refractivity contribution in [2.24, 2.45) is 5.92 Å². The lowest BCUT2D eigenvalue weighted by Crippen LogP contribution is -2.25. The van der Waals surface area contributed by atoms with E-state index in [2.05, 4.69) is 9.97 Å². The highest BCUT2D eigenvalue weighted by atomic mass is 35.5. The molecule has 0 radical (unpaired) electrons. The summed E-state index contributed by atoms with van der Waals surface area (Å²) in [4.78, 5) is 7.83. The molecule has 2 aromatic heterocycles. The van der Waals surface area contributed by atoms with Crippen molar-refractivity contribution in [2.75, 3.05) is 6.61 Å². The topological polar surface area (TPSA) is 55.2 Å². The molecule has 0 aliphatic heterocycles. The van der Waals surface area contributed by atoms with Crippen LogP contribution < -0.4 is 4.74 Å². The summed E-state index contributed by atoms with van der Waals surface area (Å²) in [5.74, 6) is -0.0850. The fourth-order valence-corrected chi connectivity index (χ4v) is 2.78. The summed E-state index contributed by atoms with van der Waals surface area (Å²) in [7, 11) is 0. The minimum absolute atomic E-state index is 0.0985. The number of halogens is 4. The van der Waals surface area contributed by atoms with Crippen LogP contribution in [0.15, 0.2) is 18.5 Å². The number of pyridine rings is 2. The third kappa shape index (κ3) is 3.35. The first-order valence-corrected chi connectivity index (χ1v) is 7.43. The maximum atomic E-state index is 12.4. The van der Waals surface area contributed by atoms with Crippen LogP contribution in [0.25, 0.3) is 10.8 Å². The molecule has 2 heterocycles. The Hall–Kier alpha value is -1.60. The van der Waals surface area contributed by atoms with Crippen molar-refractivity contribution in [1.29, 1.82) is 0 Å². The molecule has 8 heteroatoms. The zero-order chi connectivity index (χ0) is 16.8. The van der Waals surface area contributed by atoms with Gasteiger partial charge in [-0.25, -0.2) is 9.97 Å². The second-order valence-corrected chi connectivity index (χ2v) is 6.24. The van der Waals surface area contributed by atoms with Gasteiger partial charge in [-0.15, -0.1) is 0 Å². The summed E-state index contributed by atoms with van der Waals surface area (Å²) >= 11 is 5.90. The molecule has 3 rings (SSSR count). The van der Waals surface area contributed by atoms with Crippen molar-refractivity contribution < 1.29 is 23.0 Å². The maximum Gasteiger partial charge on any atom is 0.422 e. The Labute approximate surface area is 135 Å². The van der Waals surface area contributed by atoms with Crippen LogP contribution >= 0.6 is 11.6 Å². The van der Waals surface area contributed by atoms with Crippen LogP contribution in [0.1, 0.15) is 25.3 Å². The molecule has 124 valence electrons. The predicted octanol–water partition coefficient (Wildman–Crippen LogP) is 3.84. The van der Waals surface area contributed by atoms with Crippen molar-refractivity contribution in [2.45, 2.75) is 31.5 Å².